The van der Waals surface area contributed by atoms with Crippen LogP contribution in [0.4, 0.5) is 0 Å². The first-order chi connectivity index (χ1) is 14.0. The predicted molar refractivity (Wildman–Crippen MR) is 118 cm³/mol. The first-order valence-electron chi connectivity index (χ1n) is 9.82. The van der Waals surface area contributed by atoms with Crippen molar-refractivity contribution in [2.24, 2.45) is 0 Å². The molecule has 0 heterocycles. The van der Waals surface area contributed by atoms with Crippen molar-refractivity contribution in [3.63, 3.8) is 0 Å². The maximum atomic E-state index is 11.6. The number of ether oxygens (including phenoxy) is 2. The minimum absolute atomic E-state index is 0.340. The number of esters is 1. The molecule has 0 aliphatic rings. The van der Waals surface area contributed by atoms with Gasteiger partial charge in [0, 0.05) is 0 Å². The Balaban J connectivity index is 0.000000303. The molecular formula is C21H30B2O7. The van der Waals surface area contributed by atoms with E-state index in [1.807, 2.05) is 0 Å². The molecule has 0 aromatic heterocycles. The number of rotatable bonds is 7. The Bertz CT molecular complexity index is 754. The monoisotopic (exact) mass is 416 g/mol. The molecule has 4 N–H and O–H groups in total. The number of hydrogen-bond acceptors (Lipinski definition) is 7. The molecule has 0 fully saturated rings. The van der Waals surface area contributed by atoms with Crippen LogP contribution in [0.2, 0.25) is 0 Å². The third kappa shape index (κ3) is 9.93. The highest BCUT2D eigenvalue weighted by Crippen LogP contribution is 2.11. The second-order valence-corrected chi connectivity index (χ2v) is 7.64. The fourth-order valence-electron chi connectivity index (χ4n) is 2.20. The molecule has 0 atom stereocenters. The summed E-state index contributed by atoms with van der Waals surface area (Å²) in [5, 5.41) is 35.4. The van der Waals surface area contributed by atoms with E-state index in [-0.39, 0.29) is 0 Å². The zero-order chi connectivity index (χ0) is 22.7. The summed E-state index contributed by atoms with van der Waals surface area (Å²) in [5.41, 5.74) is 0.672. The van der Waals surface area contributed by atoms with E-state index in [2.05, 4.69) is 6.92 Å². The van der Waals surface area contributed by atoms with Gasteiger partial charge in [-0.3, -0.25) is 0 Å². The fraction of sp³-hybridized carbons (Fsp3) is 0.381. The normalized spacial score (nSPS) is 10.5. The molecule has 0 aliphatic carbocycles. The molecule has 7 nitrogen and oxygen atoms in total. The fourth-order valence-corrected chi connectivity index (χ4v) is 2.20. The summed E-state index contributed by atoms with van der Waals surface area (Å²) in [6.45, 7) is 8.18. The van der Waals surface area contributed by atoms with E-state index in [9.17, 15) is 4.79 Å². The number of benzene rings is 2. The lowest BCUT2D eigenvalue weighted by Gasteiger charge is -2.19. The summed E-state index contributed by atoms with van der Waals surface area (Å²) in [7, 11) is -2.92. The smallest absolute Gasteiger partial charge is 0.488 e. The quantitative estimate of drug-likeness (QED) is 0.301. The molecule has 0 spiro atoms. The number of carbonyl (C=O) groups is 1. The van der Waals surface area contributed by atoms with Crippen LogP contribution in [0.3, 0.4) is 0 Å². The van der Waals surface area contributed by atoms with Crippen molar-refractivity contribution in [3.05, 3.63) is 54.1 Å². The molecular weight excluding hydrogens is 386 g/mol. The van der Waals surface area contributed by atoms with Gasteiger partial charge in [0.05, 0.1) is 12.2 Å². The lowest BCUT2D eigenvalue weighted by Crippen LogP contribution is -2.30. The summed E-state index contributed by atoms with van der Waals surface area (Å²) in [6.07, 6.45) is 2.14. The van der Waals surface area contributed by atoms with E-state index in [4.69, 9.17) is 29.6 Å². The van der Waals surface area contributed by atoms with Gasteiger partial charge in [-0.1, -0.05) is 37.6 Å². The lowest BCUT2D eigenvalue weighted by atomic mass is 9.80. The minimum Gasteiger partial charge on any atom is -0.494 e. The van der Waals surface area contributed by atoms with Crippen molar-refractivity contribution in [2.75, 3.05) is 6.61 Å². The van der Waals surface area contributed by atoms with Gasteiger partial charge in [0.15, 0.2) is 0 Å². The Hall–Kier alpha value is -2.32. The zero-order valence-corrected chi connectivity index (χ0v) is 17.9. The number of carbonyl (C=O) groups excluding carboxylic acids is 1. The van der Waals surface area contributed by atoms with Gasteiger partial charge in [-0.2, -0.15) is 0 Å². The van der Waals surface area contributed by atoms with Gasteiger partial charge in [0.2, 0.25) is 0 Å². The topological polar surface area (TPSA) is 116 Å². The van der Waals surface area contributed by atoms with Crippen molar-refractivity contribution < 1.29 is 34.4 Å². The molecule has 0 saturated heterocycles. The van der Waals surface area contributed by atoms with Gasteiger partial charge in [0.25, 0.3) is 0 Å². The molecule has 0 unspecified atom stereocenters. The average molecular weight is 416 g/mol. The second-order valence-electron chi connectivity index (χ2n) is 7.64. The van der Waals surface area contributed by atoms with Crippen LogP contribution in [0.1, 0.15) is 50.9 Å². The average Bonchev–Trinajstić information content (AvgIpc) is 2.68. The van der Waals surface area contributed by atoms with E-state index >= 15 is 0 Å². The highest BCUT2D eigenvalue weighted by molar-refractivity contribution is 6.58. The maximum Gasteiger partial charge on any atom is 0.488 e. The zero-order valence-electron chi connectivity index (χ0n) is 17.9. The van der Waals surface area contributed by atoms with E-state index in [1.165, 1.54) is 24.3 Å². The molecule has 30 heavy (non-hydrogen) atoms. The van der Waals surface area contributed by atoms with Crippen LogP contribution in [-0.4, -0.2) is 52.5 Å². The third-order valence-electron chi connectivity index (χ3n) is 3.79. The maximum absolute atomic E-state index is 11.6. The minimum atomic E-state index is -1.52. The van der Waals surface area contributed by atoms with Crippen molar-refractivity contribution >= 4 is 31.1 Å². The molecule has 2 aromatic rings. The molecule has 2 aromatic carbocycles. The van der Waals surface area contributed by atoms with Crippen molar-refractivity contribution in [1.29, 1.82) is 0 Å². The van der Waals surface area contributed by atoms with Crippen LogP contribution < -0.4 is 15.7 Å². The first-order valence-corrected chi connectivity index (χ1v) is 9.82. The summed E-state index contributed by atoms with van der Waals surface area (Å²) in [5.74, 6) is 0.342. The van der Waals surface area contributed by atoms with E-state index in [0.29, 0.717) is 23.1 Å². The molecule has 0 aliphatic heterocycles. The Morgan fingerprint density at radius 1 is 0.867 bits per heavy atom. The molecule has 0 radical (unpaired) electrons. The lowest BCUT2D eigenvalue weighted by molar-refractivity contribution is 0.00694. The molecule has 0 amide bonds. The van der Waals surface area contributed by atoms with Crippen molar-refractivity contribution in [2.45, 2.75) is 46.1 Å². The van der Waals surface area contributed by atoms with Crippen molar-refractivity contribution in [1.82, 2.24) is 0 Å². The number of unbranched alkanes of at least 4 members (excludes halogenated alkanes) is 1. The molecule has 162 valence electrons. The SMILES string of the molecule is CC(C)(C)OC(=O)c1ccc(B(O)O)cc1.CCCCOc1ccc(B(O)O)cc1. The summed E-state index contributed by atoms with van der Waals surface area (Å²) >= 11 is 0. The largest absolute Gasteiger partial charge is 0.494 e. The Morgan fingerprint density at radius 3 is 1.73 bits per heavy atom. The third-order valence-corrected chi connectivity index (χ3v) is 3.79. The van der Waals surface area contributed by atoms with E-state index in [0.717, 1.165) is 18.6 Å². The molecule has 2 rings (SSSR count). The standard InChI is InChI=1S/C11H15BO4.C10H15BO3/c1-11(2,3)16-10(13)8-4-6-9(7-5-8)12(14)15;1-2-3-8-14-10-6-4-9(5-7-10)11(12)13/h4-7,14-15H,1-3H3;4-7,12-13H,2-3,8H2,1H3. The summed E-state index contributed by atoms with van der Waals surface area (Å²) in [4.78, 5) is 11.6. The van der Waals surface area contributed by atoms with Crippen LogP contribution in [-0.2, 0) is 4.74 Å². The van der Waals surface area contributed by atoms with Crippen LogP contribution >= 0.6 is 0 Å². The van der Waals surface area contributed by atoms with E-state index < -0.39 is 25.8 Å². The second kappa shape index (κ2) is 12.4. The highest BCUT2D eigenvalue weighted by atomic mass is 16.6. The van der Waals surface area contributed by atoms with Gasteiger partial charge in [-0.25, -0.2) is 4.79 Å². The van der Waals surface area contributed by atoms with Crippen LogP contribution in [0.25, 0.3) is 0 Å². The molecule has 0 bridgehead atoms. The van der Waals surface area contributed by atoms with Crippen LogP contribution in [0.5, 0.6) is 5.75 Å². The van der Waals surface area contributed by atoms with Gasteiger partial charge in [-0.05, 0) is 62.4 Å². The van der Waals surface area contributed by atoms with E-state index in [1.54, 1.807) is 45.0 Å². The predicted octanol–water partition coefficient (Wildman–Crippen LogP) is 0.867. The Labute approximate surface area is 178 Å². The Morgan fingerprint density at radius 2 is 1.33 bits per heavy atom. The first kappa shape index (κ1) is 25.7. The van der Waals surface area contributed by atoms with Gasteiger partial charge < -0.3 is 29.6 Å². The molecule has 0 saturated carbocycles. The van der Waals surface area contributed by atoms with Crippen molar-refractivity contribution in [3.8, 4) is 5.75 Å². The summed E-state index contributed by atoms with van der Waals surface area (Å²) < 4.78 is 10.6. The molecule has 9 heteroatoms. The van der Waals surface area contributed by atoms with Gasteiger partial charge in [-0.15, -0.1) is 0 Å². The summed E-state index contributed by atoms with van der Waals surface area (Å²) in [6, 6.07) is 12.7. The Kier molecular flexibility index (Phi) is 10.6. The van der Waals surface area contributed by atoms with Crippen LogP contribution in [0, 0.1) is 0 Å². The van der Waals surface area contributed by atoms with Crippen LogP contribution in [0.15, 0.2) is 48.5 Å². The highest BCUT2D eigenvalue weighted by Gasteiger charge is 2.18. The van der Waals surface area contributed by atoms with Gasteiger partial charge in [0.1, 0.15) is 11.4 Å². The van der Waals surface area contributed by atoms with Gasteiger partial charge >= 0.3 is 20.2 Å². The number of hydrogen-bond donors (Lipinski definition) is 4.